The molecule has 1 amide bonds. The Hall–Kier alpha value is -2.85. The van der Waals surface area contributed by atoms with E-state index in [0.717, 1.165) is 49.2 Å². The van der Waals surface area contributed by atoms with Crippen molar-refractivity contribution in [2.24, 2.45) is 18.5 Å². The second-order valence-corrected chi connectivity index (χ2v) is 8.49. The second-order valence-electron chi connectivity index (χ2n) is 7.49. The zero-order valence-electron chi connectivity index (χ0n) is 16.4. The molecule has 1 aromatic carbocycles. The number of hydrogen-bond donors (Lipinski definition) is 3. The van der Waals surface area contributed by atoms with E-state index in [4.69, 9.17) is 11.5 Å². The lowest BCUT2D eigenvalue weighted by Crippen LogP contribution is -2.35. The number of rotatable bonds is 5. The summed E-state index contributed by atoms with van der Waals surface area (Å²) in [6, 6.07) is 3.84. The average Bonchev–Trinajstić information content (AvgIpc) is 3.25. The molecule has 0 aliphatic heterocycles. The number of hydrogen-bond acceptors (Lipinski definition) is 6. The molecule has 4 rings (SSSR count). The highest BCUT2D eigenvalue weighted by molar-refractivity contribution is 7.18. The van der Waals surface area contributed by atoms with Gasteiger partial charge >= 0.3 is 0 Å². The van der Waals surface area contributed by atoms with Crippen LogP contribution in [0.5, 0.6) is 0 Å². The van der Waals surface area contributed by atoms with Gasteiger partial charge in [0.05, 0.1) is 16.0 Å². The van der Waals surface area contributed by atoms with Crippen LogP contribution < -0.4 is 16.8 Å². The topological polar surface area (TPSA) is 112 Å². The van der Waals surface area contributed by atoms with Crippen LogP contribution in [0.1, 0.15) is 36.2 Å². The molecule has 5 N–H and O–H groups in total. The van der Waals surface area contributed by atoms with E-state index in [1.807, 2.05) is 0 Å². The number of aromatic nitrogens is 3. The van der Waals surface area contributed by atoms with Gasteiger partial charge in [0, 0.05) is 25.3 Å². The number of nitrogens with one attached hydrogen (secondary N) is 1. The van der Waals surface area contributed by atoms with Crippen LogP contribution in [0.2, 0.25) is 0 Å². The number of thiazole rings is 1. The summed E-state index contributed by atoms with van der Waals surface area (Å²) < 4.78 is 30.2. The first-order chi connectivity index (χ1) is 14.3. The lowest BCUT2D eigenvalue weighted by molar-refractivity contribution is 0.0997. The van der Waals surface area contributed by atoms with Crippen LogP contribution in [0.15, 0.2) is 24.4 Å². The summed E-state index contributed by atoms with van der Waals surface area (Å²) in [7, 11) is 1.75. The third-order valence-corrected chi connectivity index (χ3v) is 6.27. The largest absolute Gasteiger partial charge is 0.365 e. The molecule has 10 heteroatoms. The molecule has 1 aliphatic rings. The van der Waals surface area contributed by atoms with Crippen LogP contribution >= 0.6 is 11.3 Å². The van der Waals surface area contributed by atoms with Crippen molar-refractivity contribution in [3.8, 4) is 21.0 Å². The van der Waals surface area contributed by atoms with Crippen LogP contribution in [0.4, 0.5) is 14.6 Å². The van der Waals surface area contributed by atoms with Gasteiger partial charge in [0.25, 0.3) is 5.91 Å². The highest BCUT2D eigenvalue weighted by atomic mass is 32.1. The number of carbonyl (C=O) groups is 1. The number of carbonyl (C=O) groups excluding carboxylic acids is 1. The van der Waals surface area contributed by atoms with Crippen molar-refractivity contribution >= 4 is 23.1 Å². The number of amides is 1. The first-order valence-electron chi connectivity index (χ1n) is 9.64. The van der Waals surface area contributed by atoms with Crippen molar-refractivity contribution in [2.45, 2.75) is 37.8 Å². The fourth-order valence-electron chi connectivity index (χ4n) is 3.79. The molecule has 1 aliphatic carbocycles. The van der Waals surface area contributed by atoms with Crippen LogP contribution in [0.3, 0.4) is 0 Å². The van der Waals surface area contributed by atoms with Crippen LogP contribution in [-0.2, 0) is 7.05 Å². The van der Waals surface area contributed by atoms with Gasteiger partial charge in [-0.3, -0.25) is 9.48 Å². The van der Waals surface area contributed by atoms with Gasteiger partial charge < -0.3 is 16.8 Å². The average molecular weight is 433 g/mol. The molecule has 0 spiro atoms. The lowest BCUT2D eigenvalue weighted by atomic mass is 9.91. The maximum atomic E-state index is 14.3. The maximum absolute atomic E-state index is 14.3. The van der Waals surface area contributed by atoms with Crippen molar-refractivity contribution in [1.29, 1.82) is 0 Å². The number of halogens is 2. The molecule has 158 valence electrons. The zero-order chi connectivity index (χ0) is 21.4. The highest BCUT2D eigenvalue weighted by Crippen LogP contribution is 2.40. The number of anilines is 1. The molecule has 2 heterocycles. The smallest absolute Gasteiger partial charge is 0.268 e. The summed E-state index contributed by atoms with van der Waals surface area (Å²) in [6.45, 7) is 0. The normalized spacial score (nSPS) is 19.1. The predicted octanol–water partition coefficient (Wildman–Crippen LogP) is 3.27. The molecule has 3 aromatic rings. The molecular formula is C20H22F2N6OS. The van der Waals surface area contributed by atoms with E-state index in [1.165, 1.54) is 6.07 Å². The SMILES string of the molecule is Cn1cc(-c2sc(-c3c(F)cccc3F)nc2C(N)=O)c(N[C@H]2CCC[C@H](N)C2)n1. The fourth-order valence-corrected chi connectivity index (χ4v) is 4.92. The lowest BCUT2D eigenvalue weighted by Gasteiger charge is -2.27. The first-order valence-corrected chi connectivity index (χ1v) is 10.5. The van der Waals surface area contributed by atoms with Gasteiger partial charge in [-0.2, -0.15) is 5.10 Å². The van der Waals surface area contributed by atoms with Crippen molar-refractivity contribution in [2.75, 3.05) is 5.32 Å². The van der Waals surface area contributed by atoms with Crippen LogP contribution in [0, 0.1) is 11.6 Å². The maximum Gasteiger partial charge on any atom is 0.268 e. The van der Waals surface area contributed by atoms with Crippen molar-refractivity contribution in [1.82, 2.24) is 14.8 Å². The van der Waals surface area contributed by atoms with Crippen LogP contribution in [0.25, 0.3) is 21.0 Å². The van der Waals surface area contributed by atoms with Gasteiger partial charge in [0.1, 0.15) is 22.3 Å². The Labute approximate surface area is 176 Å². The number of nitrogens with two attached hydrogens (primary N) is 2. The summed E-state index contributed by atoms with van der Waals surface area (Å²) in [5.41, 5.74) is 11.9. The highest BCUT2D eigenvalue weighted by Gasteiger charge is 2.27. The Kier molecular flexibility index (Phi) is 5.52. The standard InChI is InChI=1S/C20H22F2N6OS/c1-28-9-12(19(27-28)25-11-5-2-4-10(23)8-11)17-16(18(24)29)26-20(30-17)15-13(21)6-3-7-14(15)22/h3,6-7,9-11H,2,4-5,8,23H2,1H3,(H2,24,29)(H,25,27)/t10-,11-/m0/s1. The Morgan fingerprint density at radius 3 is 2.70 bits per heavy atom. The minimum atomic E-state index is -0.779. The van der Waals surface area contributed by atoms with Crippen molar-refractivity contribution in [3.63, 3.8) is 0 Å². The first kappa shape index (κ1) is 20.4. The van der Waals surface area contributed by atoms with E-state index in [0.29, 0.717) is 16.3 Å². The second kappa shape index (κ2) is 8.11. The van der Waals surface area contributed by atoms with Crippen molar-refractivity contribution < 1.29 is 13.6 Å². The summed E-state index contributed by atoms with van der Waals surface area (Å²) in [4.78, 5) is 16.7. The number of primary amides is 1. The number of benzene rings is 1. The number of aryl methyl sites for hydroxylation is 1. The predicted molar refractivity (Wildman–Crippen MR) is 112 cm³/mol. The van der Waals surface area contributed by atoms with E-state index in [1.54, 1.807) is 17.9 Å². The third kappa shape index (κ3) is 3.92. The monoisotopic (exact) mass is 432 g/mol. The van der Waals surface area contributed by atoms with E-state index in [2.05, 4.69) is 15.4 Å². The van der Waals surface area contributed by atoms with E-state index >= 15 is 0 Å². The van der Waals surface area contributed by atoms with Gasteiger partial charge in [-0.05, 0) is 37.8 Å². The zero-order valence-corrected chi connectivity index (χ0v) is 17.2. The summed E-state index contributed by atoms with van der Waals surface area (Å²) in [5.74, 6) is -1.74. The minimum absolute atomic E-state index is 0.0453. The van der Waals surface area contributed by atoms with E-state index < -0.39 is 17.5 Å². The Morgan fingerprint density at radius 1 is 1.30 bits per heavy atom. The Morgan fingerprint density at radius 2 is 2.03 bits per heavy atom. The number of nitrogens with zero attached hydrogens (tertiary/aromatic N) is 3. The molecule has 0 bridgehead atoms. The van der Waals surface area contributed by atoms with Gasteiger partial charge in [-0.1, -0.05) is 6.07 Å². The molecule has 2 atom stereocenters. The molecule has 30 heavy (non-hydrogen) atoms. The minimum Gasteiger partial charge on any atom is -0.365 e. The van der Waals surface area contributed by atoms with Gasteiger partial charge in [0.15, 0.2) is 5.82 Å². The molecule has 2 aromatic heterocycles. The fraction of sp³-hybridized carbons (Fsp3) is 0.350. The van der Waals surface area contributed by atoms with Gasteiger partial charge in [0.2, 0.25) is 0 Å². The summed E-state index contributed by atoms with van der Waals surface area (Å²) in [6.07, 6.45) is 5.51. The Balaban J connectivity index is 1.77. The molecule has 0 saturated heterocycles. The van der Waals surface area contributed by atoms with E-state index in [9.17, 15) is 13.6 Å². The quantitative estimate of drug-likeness (QED) is 0.573. The summed E-state index contributed by atoms with van der Waals surface area (Å²) in [5, 5.41) is 7.92. The molecular weight excluding hydrogens is 410 g/mol. The van der Waals surface area contributed by atoms with Gasteiger partial charge in [-0.25, -0.2) is 13.8 Å². The van der Waals surface area contributed by atoms with Gasteiger partial charge in [-0.15, -0.1) is 11.3 Å². The van der Waals surface area contributed by atoms with Crippen LogP contribution in [-0.4, -0.2) is 32.8 Å². The molecule has 1 fully saturated rings. The van der Waals surface area contributed by atoms with Crippen molar-refractivity contribution in [3.05, 3.63) is 41.7 Å². The summed E-state index contributed by atoms with van der Waals surface area (Å²) >= 11 is 1.00. The third-order valence-electron chi connectivity index (χ3n) is 5.17. The molecule has 1 saturated carbocycles. The van der Waals surface area contributed by atoms with E-state index in [-0.39, 0.29) is 28.3 Å². The molecule has 7 nitrogen and oxygen atoms in total. The Bertz CT molecular complexity index is 1070. The molecule has 0 unspecified atom stereocenters. The molecule has 0 radical (unpaired) electrons.